The summed E-state index contributed by atoms with van der Waals surface area (Å²) >= 11 is 1.62. The van der Waals surface area contributed by atoms with Gasteiger partial charge in [0.1, 0.15) is 5.37 Å². The quantitative estimate of drug-likeness (QED) is 0.826. The van der Waals surface area contributed by atoms with Crippen LogP contribution in [0.5, 0.6) is 0 Å². The van der Waals surface area contributed by atoms with Crippen molar-refractivity contribution in [1.82, 2.24) is 10.2 Å². The molecule has 0 bridgehead atoms. The number of hydrogen-bond acceptors (Lipinski definition) is 5. The molecule has 5 nitrogen and oxygen atoms in total. The summed E-state index contributed by atoms with van der Waals surface area (Å²) in [6.45, 7) is 4.15. The first-order chi connectivity index (χ1) is 9.41. The van der Waals surface area contributed by atoms with Gasteiger partial charge in [0.2, 0.25) is 5.91 Å². The van der Waals surface area contributed by atoms with Crippen molar-refractivity contribution in [2.24, 2.45) is 5.41 Å². The maximum Gasteiger partial charge on any atom is 0.231 e. The summed E-state index contributed by atoms with van der Waals surface area (Å²) in [5.41, 5.74) is -0.389. The minimum Gasteiger partial charge on any atom is -0.323 e. The molecule has 0 saturated carbocycles. The zero-order valence-electron chi connectivity index (χ0n) is 12.2. The highest BCUT2D eigenvalue weighted by molar-refractivity contribution is 8.00. The molecule has 0 spiro atoms. The molecule has 7 heteroatoms. The number of rotatable bonds is 4. The van der Waals surface area contributed by atoms with Crippen LogP contribution in [0.15, 0.2) is 0 Å². The Bertz CT molecular complexity index is 458. The zero-order chi connectivity index (χ0) is 14.8. The summed E-state index contributed by atoms with van der Waals surface area (Å²) in [4.78, 5) is 14.6. The number of carbonyl (C=O) groups excluding carboxylic acids is 1. The Balaban J connectivity index is 2.24. The standard InChI is InChI=1S/C13H24N2O3S2/c1-3-4-13(5-6-14-10-13)12(16)15-7-8-19-9-11(15)20(2,17)18/h11,14H,3-10H2,1-2H3. The second kappa shape index (κ2) is 6.23. The third-order valence-corrected chi connectivity index (χ3v) is 6.91. The molecule has 20 heavy (non-hydrogen) atoms. The van der Waals surface area contributed by atoms with Crippen molar-refractivity contribution < 1.29 is 13.2 Å². The van der Waals surface area contributed by atoms with Gasteiger partial charge in [-0.25, -0.2) is 8.42 Å². The SMILES string of the molecule is CCCC1(C(=O)N2CCSCC2S(C)(=O)=O)CCNC1. The Morgan fingerprint density at radius 1 is 1.50 bits per heavy atom. The molecule has 116 valence electrons. The topological polar surface area (TPSA) is 66.5 Å². The number of thioether (sulfide) groups is 1. The molecule has 2 aliphatic rings. The van der Waals surface area contributed by atoms with Gasteiger partial charge in [0.25, 0.3) is 0 Å². The van der Waals surface area contributed by atoms with Crippen molar-refractivity contribution in [3.8, 4) is 0 Å². The predicted molar refractivity (Wildman–Crippen MR) is 82.5 cm³/mol. The van der Waals surface area contributed by atoms with Crippen LogP contribution in [-0.4, -0.2) is 62.0 Å². The van der Waals surface area contributed by atoms with E-state index in [1.54, 1.807) is 16.7 Å². The third kappa shape index (κ3) is 3.14. The third-order valence-electron chi connectivity index (χ3n) is 4.27. The van der Waals surface area contributed by atoms with Crippen molar-refractivity contribution >= 4 is 27.5 Å². The number of carbonyl (C=O) groups is 1. The lowest BCUT2D eigenvalue weighted by molar-refractivity contribution is -0.142. The van der Waals surface area contributed by atoms with Gasteiger partial charge in [-0.2, -0.15) is 11.8 Å². The van der Waals surface area contributed by atoms with Gasteiger partial charge in [0, 0.05) is 30.9 Å². The lowest BCUT2D eigenvalue weighted by Crippen LogP contribution is -2.55. The van der Waals surface area contributed by atoms with Crippen molar-refractivity contribution in [3.63, 3.8) is 0 Å². The molecule has 1 amide bonds. The molecule has 2 heterocycles. The molecular formula is C13H24N2O3S2. The van der Waals surface area contributed by atoms with Gasteiger partial charge in [0.05, 0.1) is 5.41 Å². The van der Waals surface area contributed by atoms with Crippen LogP contribution in [0.2, 0.25) is 0 Å². The van der Waals surface area contributed by atoms with E-state index < -0.39 is 15.2 Å². The second-order valence-corrected chi connectivity index (χ2v) is 9.17. The van der Waals surface area contributed by atoms with Crippen LogP contribution in [0.1, 0.15) is 26.2 Å². The van der Waals surface area contributed by atoms with Crippen LogP contribution in [0, 0.1) is 5.41 Å². The molecule has 0 aromatic heterocycles. The minimum atomic E-state index is -3.23. The zero-order valence-corrected chi connectivity index (χ0v) is 13.9. The first kappa shape index (κ1) is 16.1. The van der Waals surface area contributed by atoms with E-state index in [0.717, 1.165) is 31.6 Å². The average molecular weight is 320 g/mol. The van der Waals surface area contributed by atoms with Gasteiger partial charge in [-0.3, -0.25) is 4.79 Å². The maximum absolute atomic E-state index is 13.0. The van der Waals surface area contributed by atoms with Crippen LogP contribution in [0.4, 0.5) is 0 Å². The molecule has 0 aromatic rings. The van der Waals surface area contributed by atoms with Crippen molar-refractivity contribution in [2.75, 3.05) is 37.4 Å². The predicted octanol–water partition coefficient (Wildman–Crippen LogP) is 0.712. The van der Waals surface area contributed by atoms with Crippen LogP contribution >= 0.6 is 11.8 Å². The number of nitrogens with zero attached hydrogens (tertiary/aromatic N) is 1. The Labute approximate surface area is 125 Å². The number of amides is 1. The molecule has 0 radical (unpaired) electrons. The van der Waals surface area contributed by atoms with Crippen LogP contribution in [0.3, 0.4) is 0 Å². The summed E-state index contributed by atoms with van der Waals surface area (Å²) in [6.07, 6.45) is 3.83. The Morgan fingerprint density at radius 3 is 2.80 bits per heavy atom. The Hall–Kier alpha value is -0.270. The van der Waals surface area contributed by atoms with E-state index in [1.807, 2.05) is 0 Å². The summed E-state index contributed by atoms with van der Waals surface area (Å²) in [5, 5.41) is 2.62. The molecule has 2 rings (SSSR count). The van der Waals surface area contributed by atoms with E-state index in [1.165, 1.54) is 6.26 Å². The normalized spacial score (nSPS) is 31.5. The number of nitrogens with one attached hydrogen (secondary N) is 1. The van der Waals surface area contributed by atoms with E-state index in [0.29, 0.717) is 18.8 Å². The number of sulfone groups is 1. The monoisotopic (exact) mass is 320 g/mol. The smallest absolute Gasteiger partial charge is 0.231 e. The highest BCUT2D eigenvalue weighted by Gasteiger charge is 2.46. The average Bonchev–Trinajstić information content (AvgIpc) is 2.87. The van der Waals surface area contributed by atoms with E-state index in [2.05, 4.69) is 12.2 Å². The lowest BCUT2D eigenvalue weighted by Gasteiger charge is -2.40. The molecule has 2 aliphatic heterocycles. The highest BCUT2D eigenvalue weighted by Crippen LogP contribution is 2.35. The summed E-state index contributed by atoms with van der Waals surface area (Å²) in [7, 11) is -3.23. The summed E-state index contributed by atoms with van der Waals surface area (Å²) < 4.78 is 23.9. The van der Waals surface area contributed by atoms with E-state index in [9.17, 15) is 13.2 Å². The van der Waals surface area contributed by atoms with Gasteiger partial charge in [-0.05, 0) is 19.4 Å². The molecule has 2 atom stereocenters. The fourth-order valence-electron chi connectivity index (χ4n) is 3.20. The molecule has 1 N–H and O–H groups in total. The van der Waals surface area contributed by atoms with E-state index in [4.69, 9.17) is 0 Å². The largest absolute Gasteiger partial charge is 0.323 e. The first-order valence-electron chi connectivity index (χ1n) is 7.19. The van der Waals surface area contributed by atoms with Crippen LogP contribution in [0.25, 0.3) is 0 Å². The van der Waals surface area contributed by atoms with E-state index >= 15 is 0 Å². The van der Waals surface area contributed by atoms with Crippen molar-refractivity contribution in [2.45, 2.75) is 31.6 Å². The van der Waals surface area contributed by atoms with Crippen LogP contribution < -0.4 is 5.32 Å². The fraction of sp³-hybridized carbons (Fsp3) is 0.923. The van der Waals surface area contributed by atoms with Gasteiger partial charge in [-0.15, -0.1) is 0 Å². The lowest BCUT2D eigenvalue weighted by atomic mass is 9.81. The minimum absolute atomic E-state index is 0.0417. The number of hydrogen-bond donors (Lipinski definition) is 1. The van der Waals surface area contributed by atoms with Gasteiger partial charge < -0.3 is 10.2 Å². The highest BCUT2D eigenvalue weighted by atomic mass is 32.2. The Morgan fingerprint density at radius 2 is 2.25 bits per heavy atom. The van der Waals surface area contributed by atoms with Crippen molar-refractivity contribution in [3.05, 3.63) is 0 Å². The van der Waals surface area contributed by atoms with Crippen LogP contribution in [-0.2, 0) is 14.6 Å². The molecule has 0 aromatic carbocycles. The van der Waals surface area contributed by atoms with Crippen molar-refractivity contribution in [1.29, 1.82) is 0 Å². The molecule has 2 saturated heterocycles. The molecule has 2 unspecified atom stereocenters. The summed E-state index contributed by atoms with van der Waals surface area (Å²) in [6, 6.07) is 0. The maximum atomic E-state index is 13.0. The first-order valence-corrected chi connectivity index (χ1v) is 10.3. The molecular weight excluding hydrogens is 296 g/mol. The molecule has 2 fully saturated rings. The second-order valence-electron chi connectivity index (χ2n) is 5.81. The fourth-order valence-corrected chi connectivity index (χ4v) is 6.01. The van der Waals surface area contributed by atoms with Gasteiger partial charge in [0.15, 0.2) is 9.84 Å². The molecule has 0 aliphatic carbocycles. The Kier molecular flexibility index (Phi) is 5.02. The van der Waals surface area contributed by atoms with Gasteiger partial charge >= 0.3 is 0 Å². The summed E-state index contributed by atoms with van der Waals surface area (Å²) in [5.74, 6) is 1.37. The van der Waals surface area contributed by atoms with E-state index in [-0.39, 0.29) is 11.3 Å². The van der Waals surface area contributed by atoms with Gasteiger partial charge in [-0.1, -0.05) is 13.3 Å².